The van der Waals surface area contributed by atoms with Crippen LogP contribution < -0.4 is 10.2 Å². The number of anilines is 1. The number of halogens is 3. The van der Waals surface area contributed by atoms with Crippen LogP contribution in [0.15, 0.2) is 18.3 Å². The Morgan fingerprint density at radius 2 is 1.81 bits per heavy atom. The molecule has 0 fully saturated rings. The van der Waals surface area contributed by atoms with Gasteiger partial charge in [-0.1, -0.05) is 6.07 Å². The fourth-order valence-electron chi connectivity index (χ4n) is 1.78. The van der Waals surface area contributed by atoms with E-state index in [1.54, 1.807) is 26.1 Å². The number of hydrogen-bond donors (Lipinski definition) is 1. The third-order valence-electron chi connectivity index (χ3n) is 2.90. The molecule has 1 rings (SSSR count). The van der Waals surface area contributed by atoms with Crippen LogP contribution in [0, 0.1) is 0 Å². The van der Waals surface area contributed by atoms with E-state index in [4.69, 9.17) is 0 Å². The number of nitrogens with one attached hydrogen (secondary N) is 1. The summed E-state index contributed by atoms with van der Waals surface area (Å²) in [5.74, 6) is 0.349. The molecule has 1 heterocycles. The molecule has 0 radical (unpaired) electrons. The molecular formula is C15H24F3N3. The Kier molecular flexibility index (Phi) is 5.61. The largest absolute Gasteiger partial charge is 0.405 e. The highest BCUT2D eigenvalue weighted by Gasteiger charge is 2.32. The van der Waals surface area contributed by atoms with E-state index in [-0.39, 0.29) is 11.6 Å². The second kappa shape index (κ2) is 6.64. The normalized spacial score (nSPS) is 12.8. The van der Waals surface area contributed by atoms with Crippen molar-refractivity contribution in [2.24, 2.45) is 0 Å². The molecule has 0 saturated heterocycles. The molecule has 0 amide bonds. The van der Waals surface area contributed by atoms with Crippen molar-refractivity contribution in [3.05, 3.63) is 23.9 Å². The zero-order valence-electron chi connectivity index (χ0n) is 13.3. The molecule has 1 N–H and O–H groups in total. The molecular weight excluding hydrogens is 279 g/mol. The first kappa shape index (κ1) is 17.8. The summed E-state index contributed by atoms with van der Waals surface area (Å²) in [6.07, 6.45) is -2.61. The molecule has 0 spiro atoms. The quantitative estimate of drug-likeness (QED) is 0.898. The standard InChI is InChI=1S/C15H24F3N3/c1-11(2)21(10-15(16,17)18)13-7-6-12(8-19-13)9-20-14(3,4)5/h6-8,11,20H,9-10H2,1-5H3. The minimum Gasteiger partial charge on any atom is -0.345 e. The summed E-state index contributed by atoms with van der Waals surface area (Å²) in [5.41, 5.74) is 0.934. The Balaban J connectivity index is 2.79. The maximum atomic E-state index is 12.6. The molecule has 1 aromatic rings. The van der Waals surface area contributed by atoms with Gasteiger partial charge in [-0.3, -0.25) is 0 Å². The second-order valence-electron chi connectivity index (χ2n) is 6.47. The van der Waals surface area contributed by atoms with Crippen molar-refractivity contribution < 1.29 is 13.2 Å². The molecule has 0 aromatic carbocycles. The molecule has 0 unspecified atom stereocenters. The molecule has 120 valence electrons. The number of rotatable bonds is 5. The van der Waals surface area contributed by atoms with Crippen LogP contribution >= 0.6 is 0 Å². The van der Waals surface area contributed by atoms with Crippen molar-refractivity contribution in [2.75, 3.05) is 11.4 Å². The third-order valence-corrected chi connectivity index (χ3v) is 2.90. The van der Waals surface area contributed by atoms with E-state index >= 15 is 0 Å². The minimum atomic E-state index is -4.24. The van der Waals surface area contributed by atoms with Gasteiger partial charge >= 0.3 is 6.18 Å². The van der Waals surface area contributed by atoms with Gasteiger partial charge in [0.1, 0.15) is 12.4 Å². The van der Waals surface area contributed by atoms with E-state index in [0.29, 0.717) is 12.4 Å². The predicted molar refractivity (Wildman–Crippen MR) is 79.4 cm³/mol. The predicted octanol–water partition coefficient (Wildman–Crippen LogP) is 3.75. The lowest BCUT2D eigenvalue weighted by Gasteiger charge is -2.29. The van der Waals surface area contributed by atoms with Crippen LogP contribution in [-0.2, 0) is 6.54 Å². The first-order chi connectivity index (χ1) is 9.48. The lowest BCUT2D eigenvalue weighted by Crippen LogP contribution is -2.39. The first-order valence-electron chi connectivity index (χ1n) is 7.01. The molecule has 0 aliphatic heterocycles. The first-order valence-corrected chi connectivity index (χ1v) is 7.01. The minimum absolute atomic E-state index is 0.0150. The number of aromatic nitrogens is 1. The maximum absolute atomic E-state index is 12.6. The molecule has 0 atom stereocenters. The monoisotopic (exact) mass is 303 g/mol. The topological polar surface area (TPSA) is 28.2 Å². The van der Waals surface area contributed by atoms with Crippen LogP contribution in [0.5, 0.6) is 0 Å². The van der Waals surface area contributed by atoms with Gasteiger partial charge < -0.3 is 10.2 Å². The molecule has 6 heteroatoms. The van der Waals surface area contributed by atoms with Crippen molar-refractivity contribution in [1.29, 1.82) is 0 Å². The molecule has 0 saturated carbocycles. The van der Waals surface area contributed by atoms with Crippen LogP contribution in [0.4, 0.5) is 19.0 Å². The van der Waals surface area contributed by atoms with Gasteiger partial charge in [-0.2, -0.15) is 13.2 Å². The van der Waals surface area contributed by atoms with E-state index in [9.17, 15) is 13.2 Å². The summed E-state index contributed by atoms with van der Waals surface area (Å²) < 4.78 is 37.8. The number of hydrogen-bond acceptors (Lipinski definition) is 3. The SMILES string of the molecule is CC(C)N(CC(F)(F)F)c1ccc(CNC(C)(C)C)cn1. The maximum Gasteiger partial charge on any atom is 0.405 e. The fraction of sp³-hybridized carbons (Fsp3) is 0.667. The molecule has 0 bridgehead atoms. The Morgan fingerprint density at radius 3 is 2.19 bits per heavy atom. The fourth-order valence-corrected chi connectivity index (χ4v) is 1.78. The van der Waals surface area contributed by atoms with Crippen LogP contribution in [0.1, 0.15) is 40.2 Å². The van der Waals surface area contributed by atoms with Crippen molar-refractivity contribution in [1.82, 2.24) is 10.3 Å². The summed E-state index contributed by atoms with van der Waals surface area (Å²) in [6.45, 7) is 9.26. The van der Waals surface area contributed by atoms with E-state index in [1.165, 1.54) is 4.90 Å². The van der Waals surface area contributed by atoms with E-state index in [2.05, 4.69) is 31.1 Å². The van der Waals surface area contributed by atoms with E-state index in [1.807, 2.05) is 6.07 Å². The highest BCUT2D eigenvalue weighted by Crippen LogP contribution is 2.22. The lowest BCUT2D eigenvalue weighted by atomic mass is 10.1. The molecule has 1 aromatic heterocycles. The number of pyridine rings is 1. The van der Waals surface area contributed by atoms with Crippen molar-refractivity contribution in [3.63, 3.8) is 0 Å². The average Bonchev–Trinajstić information content (AvgIpc) is 2.32. The van der Waals surface area contributed by atoms with Crippen molar-refractivity contribution in [2.45, 2.75) is 58.9 Å². The van der Waals surface area contributed by atoms with E-state index in [0.717, 1.165) is 5.56 Å². The molecule has 3 nitrogen and oxygen atoms in total. The van der Waals surface area contributed by atoms with Gasteiger partial charge in [-0.05, 0) is 46.2 Å². The molecule has 0 aliphatic rings. The second-order valence-corrected chi connectivity index (χ2v) is 6.47. The summed E-state index contributed by atoms with van der Waals surface area (Å²) in [4.78, 5) is 5.42. The lowest BCUT2D eigenvalue weighted by molar-refractivity contribution is -0.120. The summed E-state index contributed by atoms with van der Waals surface area (Å²) in [5, 5.41) is 3.31. The smallest absolute Gasteiger partial charge is 0.345 e. The Morgan fingerprint density at radius 1 is 1.19 bits per heavy atom. The molecule has 21 heavy (non-hydrogen) atoms. The zero-order chi connectivity index (χ0) is 16.3. The Hall–Kier alpha value is -1.30. The third kappa shape index (κ3) is 6.80. The van der Waals surface area contributed by atoms with Crippen LogP contribution in [0.2, 0.25) is 0 Å². The van der Waals surface area contributed by atoms with Gasteiger partial charge in [0.15, 0.2) is 0 Å². The average molecular weight is 303 g/mol. The Labute approximate surface area is 124 Å². The van der Waals surface area contributed by atoms with Gasteiger partial charge in [0, 0.05) is 24.3 Å². The van der Waals surface area contributed by atoms with Gasteiger partial charge in [-0.25, -0.2) is 4.98 Å². The van der Waals surface area contributed by atoms with Crippen molar-refractivity contribution in [3.8, 4) is 0 Å². The molecule has 0 aliphatic carbocycles. The highest BCUT2D eigenvalue weighted by atomic mass is 19.4. The van der Waals surface area contributed by atoms with Crippen molar-refractivity contribution >= 4 is 5.82 Å². The summed E-state index contributed by atoms with van der Waals surface area (Å²) in [6, 6.07) is 3.19. The number of alkyl halides is 3. The summed E-state index contributed by atoms with van der Waals surface area (Å²) >= 11 is 0. The zero-order valence-corrected chi connectivity index (χ0v) is 13.3. The van der Waals surface area contributed by atoms with Gasteiger partial charge in [0.05, 0.1) is 0 Å². The van der Waals surface area contributed by atoms with Crippen LogP contribution in [-0.4, -0.2) is 29.3 Å². The highest BCUT2D eigenvalue weighted by molar-refractivity contribution is 5.40. The van der Waals surface area contributed by atoms with Gasteiger partial charge in [0.2, 0.25) is 0 Å². The number of nitrogens with zero attached hydrogens (tertiary/aromatic N) is 2. The Bertz CT molecular complexity index is 433. The van der Waals surface area contributed by atoms with Gasteiger partial charge in [0.25, 0.3) is 0 Å². The van der Waals surface area contributed by atoms with Crippen LogP contribution in [0.3, 0.4) is 0 Å². The summed E-state index contributed by atoms with van der Waals surface area (Å²) in [7, 11) is 0. The van der Waals surface area contributed by atoms with Crippen LogP contribution in [0.25, 0.3) is 0 Å². The van der Waals surface area contributed by atoms with Gasteiger partial charge in [-0.15, -0.1) is 0 Å². The van der Waals surface area contributed by atoms with E-state index < -0.39 is 12.7 Å².